The van der Waals surface area contributed by atoms with Crippen LogP contribution in [-0.2, 0) is 10.0 Å². The number of nitrogens with one attached hydrogen (secondary N) is 1. The summed E-state index contributed by atoms with van der Waals surface area (Å²) in [6.45, 7) is 0.388. The first-order valence-corrected chi connectivity index (χ1v) is 9.10. The van der Waals surface area contributed by atoms with Crippen molar-refractivity contribution in [2.75, 3.05) is 26.4 Å². The molecule has 0 saturated heterocycles. The SMILES string of the molecule is CN(C)C1(CNS(=O)(=O)c2c(N)nc3sccn23)CCC1. The minimum Gasteiger partial charge on any atom is -0.381 e. The van der Waals surface area contributed by atoms with Crippen LogP contribution in [0.1, 0.15) is 19.3 Å². The molecule has 3 rings (SSSR count). The van der Waals surface area contributed by atoms with Crippen LogP contribution in [0.2, 0.25) is 0 Å². The Morgan fingerprint density at radius 2 is 2.24 bits per heavy atom. The van der Waals surface area contributed by atoms with Gasteiger partial charge in [0.05, 0.1) is 0 Å². The van der Waals surface area contributed by atoms with E-state index in [1.165, 1.54) is 15.7 Å². The zero-order chi connectivity index (χ0) is 15.3. The van der Waals surface area contributed by atoms with E-state index >= 15 is 0 Å². The smallest absolute Gasteiger partial charge is 0.260 e. The van der Waals surface area contributed by atoms with Crippen molar-refractivity contribution in [2.45, 2.75) is 29.8 Å². The van der Waals surface area contributed by atoms with Gasteiger partial charge in [0.25, 0.3) is 10.0 Å². The van der Waals surface area contributed by atoms with Crippen LogP contribution in [0.4, 0.5) is 5.82 Å². The molecule has 0 aromatic carbocycles. The van der Waals surface area contributed by atoms with E-state index < -0.39 is 10.0 Å². The molecule has 0 atom stereocenters. The largest absolute Gasteiger partial charge is 0.381 e. The van der Waals surface area contributed by atoms with E-state index in [1.54, 1.807) is 11.6 Å². The number of hydrogen-bond donors (Lipinski definition) is 2. The van der Waals surface area contributed by atoms with Crippen LogP contribution < -0.4 is 10.5 Å². The minimum absolute atomic E-state index is 0.0342. The van der Waals surface area contributed by atoms with Crippen molar-refractivity contribution in [2.24, 2.45) is 0 Å². The number of imidazole rings is 1. The molecule has 21 heavy (non-hydrogen) atoms. The monoisotopic (exact) mass is 329 g/mol. The molecule has 2 aromatic heterocycles. The Kier molecular flexibility index (Phi) is 3.47. The van der Waals surface area contributed by atoms with E-state index in [-0.39, 0.29) is 16.4 Å². The van der Waals surface area contributed by atoms with Crippen molar-refractivity contribution in [3.05, 3.63) is 11.6 Å². The summed E-state index contributed by atoms with van der Waals surface area (Å²) in [5.41, 5.74) is 5.69. The lowest BCUT2D eigenvalue weighted by Gasteiger charge is -2.47. The average molecular weight is 329 g/mol. The molecule has 0 bridgehead atoms. The molecule has 2 aromatic rings. The van der Waals surface area contributed by atoms with Gasteiger partial charge in [0.1, 0.15) is 0 Å². The number of anilines is 1. The summed E-state index contributed by atoms with van der Waals surface area (Å²) in [6.07, 6.45) is 4.79. The van der Waals surface area contributed by atoms with Crippen molar-refractivity contribution < 1.29 is 8.42 Å². The van der Waals surface area contributed by atoms with Crippen molar-refractivity contribution in [3.8, 4) is 0 Å². The maximum Gasteiger partial charge on any atom is 0.260 e. The van der Waals surface area contributed by atoms with E-state index in [4.69, 9.17) is 5.73 Å². The Labute approximate surface area is 127 Å². The van der Waals surface area contributed by atoms with E-state index in [0.717, 1.165) is 19.3 Å². The molecular weight excluding hydrogens is 310 g/mol. The molecule has 1 fully saturated rings. The van der Waals surface area contributed by atoms with Gasteiger partial charge in [-0.05, 0) is 33.4 Å². The zero-order valence-corrected chi connectivity index (χ0v) is 13.7. The Balaban J connectivity index is 1.87. The lowest BCUT2D eigenvalue weighted by atomic mass is 9.76. The highest BCUT2D eigenvalue weighted by Crippen LogP contribution is 2.36. The number of aromatic nitrogens is 2. The van der Waals surface area contributed by atoms with Crippen LogP contribution in [-0.4, -0.2) is 48.9 Å². The van der Waals surface area contributed by atoms with Crippen molar-refractivity contribution in [3.63, 3.8) is 0 Å². The third-order valence-electron chi connectivity index (χ3n) is 4.32. The molecule has 2 heterocycles. The summed E-state index contributed by atoms with van der Waals surface area (Å²) in [6, 6.07) is 0. The highest BCUT2D eigenvalue weighted by Gasteiger charge is 2.40. The molecule has 0 unspecified atom stereocenters. The quantitative estimate of drug-likeness (QED) is 0.844. The molecule has 0 spiro atoms. The number of thiazole rings is 1. The Morgan fingerprint density at radius 1 is 1.52 bits per heavy atom. The lowest BCUT2D eigenvalue weighted by Crippen LogP contribution is -2.57. The second kappa shape index (κ2) is 4.94. The van der Waals surface area contributed by atoms with Crippen LogP contribution >= 0.6 is 11.3 Å². The molecule has 9 heteroatoms. The van der Waals surface area contributed by atoms with Gasteiger partial charge in [0.15, 0.2) is 15.8 Å². The van der Waals surface area contributed by atoms with Crippen LogP contribution in [0.15, 0.2) is 16.6 Å². The molecule has 0 amide bonds. The second-order valence-electron chi connectivity index (χ2n) is 5.65. The van der Waals surface area contributed by atoms with Crippen LogP contribution in [0.25, 0.3) is 4.96 Å². The normalized spacial score (nSPS) is 18.2. The fourth-order valence-corrected chi connectivity index (χ4v) is 4.82. The number of nitrogen functional groups attached to an aromatic ring is 1. The second-order valence-corrected chi connectivity index (χ2v) is 8.21. The van der Waals surface area contributed by atoms with Crippen LogP contribution in [0.5, 0.6) is 0 Å². The average Bonchev–Trinajstić information content (AvgIpc) is 2.85. The molecule has 0 radical (unpaired) electrons. The maximum atomic E-state index is 12.6. The molecule has 116 valence electrons. The van der Waals surface area contributed by atoms with Crippen molar-refractivity contribution in [1.29, 1.82) is 0 Å². The summed E-state index contributed by atoms with van der Waals surface area (Å²) in [5.74, 6) is 0.0434. The van der Waals surface area contributed by atoms with Gasteiger partial charge in [-0.25, -0.2) is 18.1 Å². The summed E-state index contributed by atoms with van der Waals surface area (Å²) < 4.78 is 29.4. The summed E-state index contributed by atoms with van der Waals surface area (Å²) >= 11 is 1.35. The number of likely N-dealkylation sites (N-methyl/N-ethyl adjacent to an activating group) is 1. The van der Waals surface area contributed by atoms with E-state index in [0.29, 0.717) is 11.5 Å². The number of fused-ring (bicyclic) bond motifs is 1. The molecule has 3 N–H and O–H groups in total. The van der Waals surface area contributed by atoms with Gasteiger partial charge in [-0.3, -0.25) is 4.40 Å². The van der Waals surface area contributed by atoms with Gasteiger partial charge in [-0.15, -0.1) is 11.3 Å². The van der Waals surface area contributed by atoms with Crippen molar-refractivity contribution in [1.82, 2.24) is 19.0 Å². The summed E-state index contributed by atoms with van der Waals surface area (Å²) in [5, 5.41) is 1.82. The Morgan fingerprint density at radius 3 is 2.81 bits per heavy atom. The molecule has 1 saturated carbocycles. The third kappa shape index (κ3) is 2.33. The standard InChI is InChI=1S/C12H19N5O2S2/c1-16(2)12(4-3-5-12)8-14-21(18,19)10-9(13)15-11-17(10)6-7-20-11/h6-7,14H,3-5,8,13H2,1-2H3. The van der Waals surface area contributed by atoms with Gasteiger partial charge in [0.2, 0.25) is 0 Å². The summed E-state index contributed by atoms with van der Waals surface area (Å²) in [4.78, 5) is 6.76. The highest BCUT2D eigenvalue weighted by atomic mass is 32.2. The van der Waals surface area contributed by atoms with Crippen LogP contribution in [0.3, 0.4) is 0 Å². The first kappa shape index (κ1) is 14.8. The number of sulfonamides is 1. The molecule has 0 aliphatic heterocycles. The topological polar surface area (TPSA) is 92.7 Å². The van der Waals surface area contributed by atoms with E-state index in [9.17, 15) is 8.42 Å². The summed E-state index contributed by atoms with van der Waals surface area (Å²) in [7, 11) is 0.286. The Hall–Kier alpha value is -1.16. The van der Waals surface area contributed by atoms with Gasteiger partial charge >= 0.3 is 0 Å². The fourth-order valence-electron chi connectivity index (χ4n) is 2.71. The molecule has 1 aliphatic carbocycles. The number of rotatable bonds is 5. The Bertz CT molecular complexity index is 758. The predicted molar refractivity (Wildman–Crippen MR) is 82.9 cm³/mol. The third-order valence-corrected chi connectivity index (χ3v) is 6.52. The van der Waals surface area contributed by atoms with Gasteiger partial charge in [-0.1, -0.05) is 0 Å². The zero-order valence-electron chi connectivity index (χ0n) is 12.0. The van der Waals surface area contributed by atoms with E-state index in [1.807, 2.05) is 14.1 Å². The maximum absolute atomic E-state index is 12.6. The first-order valence-electron chi connectivity index (χ1n) is 6.74. The van der Waals surface area contributed by atoms with E-state index in [2.05, 4.69) is 14.6 Å². The number of nitrogens with zero attached hydrogens (tertiary/aromatic N) is 3. The number of nitrogens with two attached hydrogens (primary N) is 1. The molecule has 1 aliphatic rings. The lowest BCUT2D eigenvalue weighted by molar-refractivity contribution is 0.0656. The predicted octanol–water partition coefficient (Wildman–Crippen LogP) is 0.741. The fraction of sp³-hybridized carbons (Fsp3) is 0.583. The highest BCUT2D eigenvalue weighted by molar-refractivity contribution is 7.89. The molecular formula is C12H19N5O2S2. The molecule has 7 nitrogen and oxygen atoms in total. The number of hydrogen-bond acceptors (Lipinski definition) is 6. The first-order chi connectivity index (χ1) is 9.86. The van der Waals surface area contributed by atoms with Gasteiger partial charge < -0.3 is 10.6 Å². The van der Waals surface area contributed by atoms with Gasteiger partial charge in [-0.2, -0.15) is 0 Å². The van der Waals surface area contributed by atoms with Gasteiger partial charge in [0, 0.05) is 23.7 Å². The van der Waals surface area contributed by atoms with Crippen molar-refractivity contribution >= 4 is 32.1 Å². The minimum atomic E-state index is -3.68. The van der Waals surface area contributed by atoms with Crippen LogP contribution in [0, 0.1) is 0 Å².